The minimum atomic E-state index is -0.286. The average molecular weight is 365 g/mol. The Morgan fingerprint density at radius 3 is 2.41 bits per heavy atom. The molecule has 0 fully saturated rings. The number of carbonyl (C=O) groups excluding carboxylic acids is 1. The molecule has 0 aliphatic carbocycles. The van der Waals surface area contributed by atoms with Gasteiger partial charge in [-0.3, -0.25) is 4.79 Å². The number of benzene rings is 2. The molecule has 1 unspecified atom stereocenters. The Hall–Kier alpha value is -1.88. The van der Waals surface area contributed by atoms with Crippen molar-refractivity contribution < 1.29 is 9.18 Å². The van der Waals surface area contributed by atoms with Crippen molar-refractivity contribution in [3.63, 3.8) is 0 Å². The summed E-state index contributed by atoms with van der Waals surface area (Å²) in [5, 5.41) is 2.92. The van der Waals surface area contributed by atoms with Crippen LogP contribution in [0.1, 0.15) is 28.9 Å². The molecule has 0 saturated heterocycles. The Bertz CT molecular complexity index is 671. The summed E-state index contributed by atoms with van der Waals surface area (Å²) in [6.45, 7) is 1.87. The number of amides is 1. The predicted octanol–water partition coefficient (Wildman–Crippen LogP) is 4.15. The summed E-state index contributed by atoms with van der Waals surface area (Å²) in [6.07, 6.45) is 0. The van der Waals surface area contributed by atoms with Crippen LogP contribution in [0, 0.1) is 5.82 Å². The summed E-state index contributed by atoms with van der Waals surface area (Å²) in [5.41, 5.74) is 2.38. The van der Waals surface area contributed by atoms with Gasteiger partial charge in [-0.1, -0.05) is 12.1 Å². The number of anilines is 1. The molecule has 2 aromatic rings. The minimum Gasteiger partial charge on any atom is -0.377 e. The van der Waals surface area contributed by atoms with Gasteiger partial charge in [0.2, 0.25) is 0 Å². The number of halogens is 2. The number of rotatable bonds is 4. The van der Waals surface area contributed by atoms with Crippen molar-refractivity contribution in [2.75, 3.05) is 19.0 Å². The highest BCUT2D eigenvalue weighted by atomic mass is 79.9. The normalized spacial score (nSPS) is 11.9. The maximum Gasteiger partial charge on any atom is 0.251 e. The summed E-state index contributed by atoms with van der Waals surface area (Å²) in [6, 6.07) is 11.4. The molecule has 0 radical (unpaired) electrons. The van der Waals surface area contributed by atoms with Gasteiger partial charge < -0.3 is 10.2 Å². The first-order valence-electron chi connectivity index (χ1n) is 6.91. The summed E-state index contributed by atoms with van der Waals surface area (Å²) in [4.78, 5) is 14.3. The number of carbonyl (C=O) groups is 1. The number of hydrogen-bond acceptors (Lipinski definition) is 2. The lowest BCUT2D eigenvalue weighted by atomic mass is 10.1. The van der Waals surface area contributed by atoms with Crippen molar-refractivity contribution in [1.82, 2.24) is 5.32 Å². The van der Waals surface area contributed by atoms with Crippen LogP contribution in [0.3, 0.4) is 0 Å². The highest BCUT2D eigenvalue weighted by Crippen LogP contribution is 2.26. The fourth-order valence-corrected chi connectivity index (χ4v) is 2.71. The molecule has 1 amide bonds. The maximum atomic E-state index is 12.9. The van der Waals surface area contributed by atoms with E-state index in [1.165, 1.54) is 12.1 Å². The summed E-state index contributed by atoms with van der Waals surface area (Å²) >= 11 is 3.47. The zero-order chi connectivity index (χ0) is 16.3. The molecule has 1 N–H and O–H groups in total. The van der Waals surface area contributed by atoms with Crippen LogP contribution in [-0.2, 0) is 0 Å². The van der Waals surface area contributed by atoms with Crippen molar-refractivity contribution >= 4 is 27.5 Å². The van der Waals surface area contributed by atoms with Gasteiger partial charge in [0.15, 0.2) is 0 Å². The van der Waals surface area contributed by atoms with Crippen LogP contribution in [-0.4, -0.2) is 20.0 Å². The second kappa shape index (κ2) is 6.92. The maximum absolute atomic E-state index is 12.9. The minimum absolute atomic E-state index is 0.160. The van der Waals surface area contributed by atoms with E-state index in [1.54, 1.807) is 18.2 Å². The van der Waals surface area contributed by atoms with E-state index in [1.807, 2.05) is 38.1 Å². The van der Waals surface area contributed by atoms with E-state index in [9.17, 15) is 9.18 Å². The monoisotopic (exact) mass is 364 g/mol. The molecule has 5 heteroatoms. The second-order valence-corrected chi connectivity index (χ2v) is 6.16. The van der Waals surface area contributed by atoms with E-state index in [0.717, 1.165) is 15.7 Å². The van der Waals surface area contributed by atoms with Gasteiger partial charge in [-0.15, -0.1) is 0 Å². The molecule has 0 bridgehead atoms. The molecule has 2 rings (SSSR count). The fraction of sp³-hybridized carbons (Fsp3) is 0.235. The third-order valence-electron chi connectivity index (χ3n) is 3.41. The number of nitrogens with one attached hydrogen (secondary N) is 1. The molecule has 1 atom stereocenters. The molecule has 3 nitrogen and oxygen atoms in total. The Labute approximate surface area is 138 Å². The largest absolute Gasteiger partial charge is 0.377 e. The molecule has 0 aliphatic rings. The molecule has 0 spiro atoms. The molecule has 0 aromatic heterocycles. The van der Waals surface area contributed by atoms with E-state index in [-0.39, 0.29) is 17.8 Å². The third kappa shape index (κ3) is 3.85. The standard InChI is InChI=1S/C17H18BrFN2O/c1-11(12-4-7-14(19)8-5-12)20-17(22)13-6-9-15(18)16(10-13)21(2)3/h4-11H,1-3H3,(H,20,22). The zero-order valence-electron chi connectivity index (χ0n) is 12.7. The second-order valence-electron chi connectivity index (χ2n) is 5.31. The summed E-state index contributed by atoms with van der Waals surface area (Å²) < 4.78 is 13.9. The van der Waals surface area contributed by atoms with Gasteiger partial charge in [-0.25, -0.2) is 4.39 Å². The summed E-state index contributed by atoms with van der Waals surface area (Å²) in [5.74, 6) is -0.446. The lowest BCUT2D eigenvalue weighted by molar-refractivity contribution is 0.0940. The van der Waals surface area contributed by atoms with Crippen molar-refractivity contribution in [3.05, 3.63) is 63.9 Å². The van der Waals surface area contributed by atoms with Gasteiger partial charge >= 0.3 is 0 Å². The lowest BCUT2D eigenvalue weighted by Crippen LogP contribution is -2.26. The Morgan fingerprint density at radius 2 is 1.82 bits per heavy atom. The van der Waals surface area contributed by atoms with Crippen molar-refractivity contribution in [2.45, 2.75) is 13.0 Å². The van der Waals surface area contributed by atoms with E-state index < -0.39 is 0 Å². The van der Waals surface area contributed by atoms with Gasteiger partial charge in [0, 0.05) is 24.1 Å². The average Bonchev–Trinajstić information content (AvgIpc) is 2.47. The van der Waals surface area contributed by atoms with Crippen LogP contribution < -0.4 is 10.2 Å². The Kier molecular flexibility index (Phi) is 5.19. The summed E-state index contributed by atoms with van der Waals surface area (Å²) in [7, 11) is 3.84. The van der Waals surface area contributed by atoms with Crippen LogP contribution in [0.4, 0.5) is 10.1 Å². The van der Waals surface area contributed by atoms with Gasteiger partial charge in [-0.2, -0.15) is 0 Å². The molecule has 2 aromatic carbocycles. The SMILES string of the molecule is CC(NC(=O)c1ccc(Br)c(N(C)C)c1)c1ccc(F)cc1. The molecular formula is C17H18BrFN2O. The Balaban J connectivity index is 2.15. The van der Waals surface area contributed by atoms with Gasteiger partial charge in [0.05, 0.1) is 11.7 Å². The first-order chi connectivity index (χ1) is 10.4. The molecule has 0 heterocycles. The third-order valence-corrected chi connectivity index (χ3v) is 4.08. The van der Waals surface area contributed by atoms with E-state index >= 15 is 0 Å². The van der Waals surface area contributed by atoms with Crippen LogP contribution in [0.15, 0.2) is 46.9 Å². The number of hydrogen-bond donors (Lipinski definition) is 1. The quantitative estimate of drug-likeness (QED) is 0.883. The topological polar surface area (TPSA) is 32.3 Å². The van der Waals surface area contributed by atoms with E-state index in [2.05, 4.69) is 21.2 Å². The van der Waals surface area contributed by atoms with Crippen molar-refractivity contribution in [2.24, 2.45) is 0 Å². The molecule has 116 valence electrons. The smallest absolute Gasteiger partial charge is 0.251 e. The zero-order valence-corrected chi connectivity index (χ0v) is 14.3. The van der Waals surface area contributed by atoms with E-state index in [0.29, 0.717) is 5.56 Å². The van der Waals surface area contributed by atoms with Crippen LogP contribution in [0.2, 0.25) is 0 Å². The van der Waals surface area contributed by atoms with Crippen LogP contribution >= 0.6 is 15.9 Å². The van der Waals surface area contributed by atoms with Gasteiger partial charge in [0.1, 0.15) is 5.82 Å². The van der Waals surface area contributed by atoms with Gasteiger partial charge in [-0.05, 0) is 58.7 Å². The fourth-order valence-electron chi connectivity index (χ4n) is 2.11. The van der Waals surface area contributed by atoms with E-state index in [4.69, 9.17) is 0 Å². The molecular weight excluding hydrogens is 347 g/mol. The molecule has 0 saturated carbocycles. The Morgan fingerprint density at radius 1 is 1.18 bits per heavy atom. The molecule has 22 heavy (non-hydrogen) atoms. The predicted molar refractivity (Wildman–Crippen MR) is 90.8 cm³/mol. The van der Waals surface area contributed by atoms with Crippen molar-refractivity contribution in [3.8, 4) is 0 Å². The highest BCUT2D eigenvalue weighted by molar-refractivity contribution is 9.10. The van der Waals surface area contributed by atoms with Crippen molar-refractivity contribution in [1.29, 1.82) is 0 Å². The molecule has 0 aliphatic heterocycles. The first-order valence-corrected chi connectivity index (χ1v) is 7.71. The van der Waals surface area contributed by atoms with Crippen LogP contribution in [0.25, 0.3) is 0 Å². The lowest BCUT2D eigenvalue weighted by Gasteiger charge is -2.18. The van der Waals surface area contributed by atoms with Crippen LogP contribution in [0.5, 0.6) is 0 Å². The van der Waals surface area contributed by atoms with Gasteiger partial charge in [0.25, 0.3) is 5.91 Å². The number of nitrogens with zero attached hydrogens (tertiary/aromatic N) is 1. The highest BCUT2D eigenvalue weighted by Gasteiger charge is 2.13. The first kappa shape index (κ1) is 16.5.